The summed E-state index contributed by atoms with van der Waals surface area (Å²) in [6.07, 6.45) is 3.64. The number of nitrogens with zero attached hydrogens (tertiary/aromatic N) is 1. The van der Waals surface area contributed by atoms with Crippen LogP contribution in [0.2, 0.25) is 0 Å². The molecule has 2 heterocycles. The van der Waals surface area contributed by atoms with Crippen LogP contribution >= 0.6 is 0 Å². The molecule has 3 atom stereocenters. The average Bonchev–Trinajstić information content (AvgIpc) is 3.09. The Balaban J connectivity index is 1.61. The highest BCUT2D eigenvalue weighted by Gasteiger charge is 2.35. The lowest BCUT2D eigenvalue weighted by atomic mass is 9.86. The Labute approximate surface area is 149 Å². The molecule has 3 unspecified atom stereocenters. The van der Waals surface area contributed by atoms with E-state index in [9.17, 15) is 14.3 Å². The summed E-state index contributed by atoms with van der Waals surface area (Å²) in [6, 6.07) is 6.03. The Kier molecular flexibility index (Phi) is 6.07. The number of ether oxygens (including phenoxy) is 1. The van der Waals surface area contributed by atoms with E-state index in [-0.39, 0.29) is 23.7 Å². The predicted molar refractivity (Wildman–Crippen MR) is 93.4 cm³/mol. The number of aliphatic hydroxyl groups excluding tert-OH is 1. The largest absolute Gasteiger partial charge is 0.388 e. The molecule has 4 nitrogen and oxygen atoms in total. The average molecular weight is 349 g/mol. The molecular weight excluding hydrogens is 321 g/mol. The Hall–Kier alpha value is -1.46. The first-order valence-electron chi connectivity index (χ1n) is 9.38. The molecule has 0 bridgehead atoms. The normalized spacial score (nSPS) is 24.3. The minimum Gasteiger partial charge on any atom is -0.388 e. The summed E-state index contributed by atoms with van der Waals surface area (Å²) in [6.45, 7) is 4.29. The van der Waals surface area contributed by atoms with Crippen LogP contribution in [0.3, 0.4) is 0 Å². The van der Waals surface area contributed by atoms with Gasteiger partial charge < -0.3 is 14.7 Å². The van der Waals surface area contributed by atoms with E-state index in [0.29, 0.717) is 17.9 Å². The fraction of sp³-hybridized carbons (Fsp3) is 0.650. The summed E-state index contributed by atoms with van der Waals surface area (Å²) < 4.78 is 18.4. The number of amides is 1. The van der Waals surface area contributed by atoms with Crippen molar-refractivity contribution in [3.8, 4) is 0 Å². The zero-order valence-corrected chi connectivity index (χ0v) is 14.9. The maximum atomic E-state index is 13.0. The van der Waals surface area contributed by atoms with Crippen LogP contribution in [0, 0.1) is 17.7 Å². The first kappa shape index (κ1) is 18.3. The molecular formula is C20H28FNO3. The molecule has 1 N–H and O–H groups in total. The van der Waals surface area contributed by atoms with E-state index < -0.39 is 6.10 Å². The van der Waals surface area contributed by atoms with E-state index in [1.54, 1.807) is 12.1 Å². The number of aliphatic hydroxyl groups is 1. The number of hydrogen-bond acceptors (Lipinski definition) is 3. The van der Waals surface area contributed by atoms with Gasteiger partial charge in [0.1, 0.15) is 5.82 Å². The highest BCUT2D eigenvalue weighted by molar-refractivity contribution is 5.79. The quantitative estimate of drug-likeness (QED) is 0.887. The molecule has 2 saturated heterocycles. The van der Waals surface area contributed by atoms with Crippen LogP contribution in [0.25, 0.3) is 0 Å². The van der Waals surface area contributed by atoms with Gasteiger partial charge in [-0.05, 0) is 55.7 Å². The number of halogens is 1. The van der Waals surface area contributed by atoms with Crippen molar-refractivity contribution >= 4 is 5.91 Å². The second-order valence-corrected chi connectivity index (χ2v) is 7.37. The summed E-state index contributed by atoms with van der Waals surface area (Å²) in [5.41, 5.74) is 0.707. The van der Waals surface area contributed by atoms with Crippen molar-refractivity contribution in [1.82, 2.24) is 4.90 Å². The van der Waals surface area contributed by atoms with Gasteiger partial charge in [0.05, 0.1) is 6.10 Å². The number of benzene rings is 1. The van der Waals surface area contributed by atoms with E-state index in [2.05, 4.69) is 0 Å². The molecule has 0 aromatic heterocycles. The van der Waals surface area contributed by atoms with Crippen LogP contribution in [0.15, 0.2) is 24.3 Å². The van der Waals surface area contributed by atoms with Gasteiger partial charge in [-0.25, -0.2) is 4.39 Å². The smallest absolute Gasteiger partial charge is 0.225 e. The summed E-state index contributed by atoms with van der Waals surface area (Å²) in [7, 11) is 0. The second kappa shape index (κ2) is 8.28. The van der Waals surface area contributed by atoms with Gasteiger partial charge in [0.2, 0.25) is 5.91 Å². The van der Waals surface area contributed by atoms with Crippen molar-refractivity contribution in [3.05, 3.63) is 35.6 Å². The Morgan fingerprint density at radius 2 is 1.96 bits per heavy atom. The maximum Gasteiger partial charge on any atom is 0.225 e. The SMILES string of the molecule is CC(C(=O)N1CCCC1CC(O)c1ccc(F)cc1)C1CCOCC1. The third-order valence-corrected chi connectivity index (χ3v) is 5.77. The van der Waals surface area contributed by atoms with Gasteiger partial charge in [-0.2, -0.15) is 0 Å². The fourth-order valence-corrected chi connectivity index (χ4v) is 4.13. The van der Waals surface area contributed by atoms with Crippen LogP contribution in [-0.2, 0) is 9.53 Å². The van der Waals surface area contributed by atoms with Gasteiger partial charge >= 0.3 is 0 Å². The van der Waals surface area contributed by atoms with Gasteiger partial charge in [0, 0.05) is 31.7 Å². The zero-order chi connectivity index (χ0) is 17.8. The van der Waals surface area contributed by atoms with Gasteiger partial charge in [-0.3, -0.25) is 4.79 Å². The van der Waals surface area contributed by atoms with Crippen LogP contribution in [0.5, 0.6) is 0 Å². The molecule has 1 aromatic carbocycles. The summed E-state index contributed by atoms with van der Waals surface area (Å²) >= 11 is 0. The lowest BCUT2D eigenvalue weighted by Crippen LogP contribution is -2.42. The van der Waals surface area contributed by atoms with Gasteiger partial charge in [0.15, 0.2) is 0 Å². The molecule has 0 saturated carbocycles. The van der Waals surface area contributed by atoms with Crippen molar-refractivity contribution < 1.29 is 19.0 Å². The van der Waals surface area contributed by atoms with Gasteiger partial charge in [-0.1, -0.05) is 19.1 Å². The monoisotopic (exact) mass is 349 g/mol. The van der Waals surface area contributed by atoms with Crippen molar-refractivity contribution in [3.63, 3.8) is 0 Å². The van der Waals surface area contributed by atoms with Crippen LogP contribution in [0.4, 0.5) is 4.39 Å². The van der Waals surface area contributed by atoms with Crippen LogP contribution < -0.4 is 0 Å². The number of rotatable bonds is 5. The molecule has 2 aliphatic rings. The number of likely N-dealkylation sites (tertiary alicyclic amines) is 1. The molecule has 25 heavy (non-hydrogen) atoms. The third kappa shape index (κ3) is 4.39. The van der Waals surface area contributed by atoms with Crippen molar-refractivity contribution in [1.29, 1.82) is 0 Å². The highest BCUT2D eigenvalue weighted by Crippen LogP contribution is 2.31. The Morgan fingerprint density at radius 3 is 2.64 bits per heavy atom. The Bertz CT molecular complexity index is 571. The lowest BCUT2D eigenvalue weighted by Gasteiger charge is -2.33. The zero-order valence-electron chi connectivity index (χ0n) is 14.9. The molecule has 1 aromatic rings. The standard InChI is InChI=1S/C20H28FNO3/c1-14(15-8-11-25-12-9-15)20(24)22-10-2-3-18(22)13-19(23)16-4-6-17(21)7-5-16/h4-7,14-15,18-19,23H,2-3,8-13H2,1H3. The predicted octanol–water partition coefficient (Wildman–Crippen LogP) is 3.30. The highest BCUT2D eigenvalue weighted by atomic mass is 19.1. The molecule has 2 fully saturated rings. The van der Waals surface area contributed by atoms with Crippen molar-refractivity contribution in [2.45, 2.75) is 51.2 Å². The minimum absolute atomic E-state index is 0.00691. The first-order chi connectivity index (χ1) is 12.1. The molecule has 5 heteroatoms. The van der Waals surface area contributed by atoms with Gasteiger partial charge in [-0.15, -0.1) is 0 Å². The van der Waals surface area contributed by atoms with E-state index in [0.717, 1.165) is 45.4 Å². The maximum absolute atomic E-state index is 13.0. The number of carbonyl (C=O) groups excluding carboxylic acids is 1. The number of carbonyl (C=O) groups is 1. The van der Waals surface area contributed by atoms with Gasteiger partial charge in [0.25, 0.3) is 0 Å². The molecule has 0 spiro atoms. The first-order valence-corrected chi connectivity index (χ1v) is 9.38. The summed E-state index contributed by atoms with van der Waals surface area (Å²) in [4.78, 5) is 14.9. The van der Waals surface area contributed by atoms with Crippen LogP contribution in [0.1, 0.15) is 50.7 Å². The molecule has 2 aliphatic heterocycles. The van der Waals surface area contributed by atoms with Crippen molar-refractivity contribution in [2.24, 2.45) is 11.8 Å². The van der Waals surface area contributed by atoms with E-state index >= 15 is 0 Å². The molecule has 3 rings (SSSR count). The van der Waals surface area contributed by atoms with E-state index in [1.165, 1.54) is 12.1 Å². The topological polar surface area (TPSA) is 49.8 Å². The molecule has 138 valence electrons. The van der Waals surface area contributed by atoms with E-state index in [4.69, 9.17) is 4.74 Å². The Morgan fingerprint density at radius 1 is 1.28 bits per heavy atom. The minimum atomic E-state index is -0.669. The lowest BCUT2D eigenvalue weighted by molar-refractivity contribution is -0.139. The molecule has 1 amide bonds. The van der Waals surface area contributed by atoms with Crippen LogP contribution in [-0.4, -0.2) is 41.7 Å². The summed E-state index contributed by atoms with van der Waals surface area (Å²) in [5, 5.41) is 10.5. The van der Waals surface area contributed by atoms with Crippen molar-refractivity contribution in [2.75, 3.05) is 19.8 Å². The summed E-state index contributed by atoms with van der Waals surface area (Å²) in [5.74, 6) is 0.302. The van der Waals surface area contributed by atoms with E-state index in [1.807, 2.05) is 11.8 Å². The number of hydrogen-bond donors (Lipinski definition) is 1. The third-order valence-electron chi connectivity index (χ3n) is 5.77. The fourth-order valence-electron chi connectivity index (χ4n) is 4.13. The molecule has 0 radical (unpaired) electrons. The molecule has 0 aliphatic carbocycles. The second-order valence-electron chi connectivity index (χ2n) is 7.37.